The summed E-state index contributed by atoms with van der Waals surface area (Å²) < 4.78 is 10.0. The molecule has 0 aromatic heterocycles. The van der Waals surface area contributed by atoms with Crippen molar-refractivity contribution in [3.63, 3.8) is 0 Å². The Morgan fingerprint density at radius 3 is 2.50 bits per heavy atom. The van der Waals surface area contributed by atoms with Crippen molar-refractivity contribution in [1.82, 2.24) is 0 Å². The number of ether oxygens (including phenoxy) is 2. The Labute approximate surface area is 127 Å². The van der Waals surface area contributed by atoms with Gasteiger partial charge >= 0.3 is 12.1 Å². The van der Waals surface area contributed by atoms with Gasteiger partial charge in [-0.3, -0.25) is 5.32 Å². The average Bonchev–Trinajstić information content (AvgIpc) is 2.50. The predicted molar refractivity (Wildman–Crippen MR) is 82.9 cm³/mol. The fourth-order valence-corrected chi connectivity index (χ4v) is 1.78. The van der Waals surface area contributed by atoms with Crippen molar-refractivity contribution in [1.29, 1.82) is 0 Å². The summed E-state index contributed by atoms with van der Waals surface area (Å²) in [7, 11) is 0. The molecular formula is C16H16N2O4. The minimum atomic E-state index is -0.695. The number of para-hydroxylation sites is 2. The number of hydrogen-bond donors (Lipinski definition) is 2. The van der Waals surface area contributed by atoms with E-state index in [1.807, 2.05) is 6.07 Å². The number of hydrogen-bond acceptors (Lipinski definition) is 5. The van der Waals surface area contributed by atoms with Gasteiger partial charge in [0.2, 0.25) is 0 Å². The number of anilines is 2. The van der Waals surface area contributed by atoms with Gasteiger partial charge in [-0.15, -0.1) is 0 Å². The summed E-state index contributed by atoms with van der Waals surface area (Å²) >= 11 is 0. The second kappa shape index (κ2) is 7.12. The molecule has 114 valence electrons. The summed E-state index contributed by atoms with van der Waals surface area (Å²) in [5.74, 6) is -0.465. The highest BCUT2D eigenvalue weighted by atomic mass is 16.6. The van der Waals surface area contributed by atoms with E-state index in [2.05, 4.69) is 5.32 Å². The SMILES string of the molecule is CCOC(=O)c1cccc(OC(=O)Nc2ccccc2)c1N. The van der Waals surface area contributed by atoms with Crippen LogP contribution in [0.3, 0.4) is 0 Å². The van der Waals surface area contributed by atoms with Gasteiger partial charge in [-0.1, -0.05) is 24.3 Å². The topological polar surface area (TPSA) is 90.6 Å². The van der Waals surface area contributed by atoms with E-state index < -0.39 is 12.1 Å². The number of carbonyl (C=O) groups is 2. The number of nitrogen functional groups attached to an aromatic ring is 1. The molecule has 0 unspecified atom stereocenters. The summed E-state index contributed by atoms with van der Waals surface area (Å²) in [5, 5.41) is 2.56. The van der Waals surface area contributed by atoms with Crippen molar-refractivity contribution in [3.05, 3.63) is 54.1 Å². The molecule has 0 aliphatic heterocycles. The molecule has 22 heavy (non-hydrogen) atoms. The van der Waals surface area contributed by atoms with E-state index >= 15 is 0 Å². The highest BCUT2D eigenvalue weighted by Gasteiger charge is 2.16. The lowest BCUT2D eigenvalue weighted by Gasteiger charge is -2.11. The largest absolute Gasteiger partial charge is 0.462 e. The molecule has 0 bridgehead atoms. The molecule has 6 nitrogen and oxygen atoms in total. The summed E-state index contributed by atoms with van der Waals surface area (Å²) in [6.07, 6.45) is -0.695. The number of amides is 1. The van der Waals surface area contributed by atoms with Crippen LogP contribution < -0.4 is 15.8 Å². The number of rotatable bonds is 4. The lowest BCUT2D eigenvalue weighted by Crippen LogP contribution is -2.18. The van der Waals surface area contributed by atoms with Crippen molar-refractivity contribution in [3.8, 4) is 5.75 Å². The number of nitrogens with two attached hydrogens (primary N) is 1. The molecule has 0 aliphatic carbocycles. The van der Waals surface area contributed by atoms with Crippen molar-refractivity contribution in [2.45, 2.75) is 6.92 Å². The van der Waals surface area contributed by atoms with Crippen LogP contribution in [0.15, 0.2) is 48.5 Å². The van der Waals surface area contributed by atoms with Crippen LogP contribution in [0.5, 0.6) is 5.75 Å². The first-order chi connectivity index (χ1) is 10.6. The Morgan fingerprint density at radius 2 is 1.82 bits per heavy atom. The lowest BCUT2D eigenvalue weighted by atomic mass is 10.1. The van der Waals surface area contributed by atoms with Crippen LogP contribution in [0.4, 0.5) is 16.2 Å². The second-order valence-electron chi connectivity index (χ2n) is 4.32. The molecule has 0 aliphatic rings. The van der Waals surface area contributed by atoms with Crippen molar-refractivity contribution in [2.75, 3.05) is 17.7 Å². The van der Waals surface area contributed by atoms with Gasteiger partial charge in [0.15, 0.2) is 5.75 Å². The third-order valence-corrected chi connectivity index (χ3v) is 2.78. The van der Waals surface area contributed by atoms with E-state index in [1.54, 1.807) is 37.3 Å². The first kappa shape index (κ1) is 15.4. The minimum Gasteiger partial charge on any atom is -0.462 e. The van der Waals surface area contributed by atoms with Crippen molar-refractivity contribution in [2.24, 2.45) is 0 Å². The van der Waals surface area contributed by atoms with Gasteiger partial charge in [0.1, 0.15) is 0 Å². The fraction of sp³-hybridized carbons (Fsp3) is 0.125. The van der Waals surface area contributed by atoms with Crippen LogP contribution in [0.2, 0.25) is 0 Å². The van der Waals surface area contributed by atoms with Gasteiger partial charge in [0, 0.05) is 5.69 Å². The van der Waals surface area contributed by atoms with Crippen LogP contribution in [-0.2, 0) is 4.74 Å². The summed E-state index contributed by atoms with van der Waals surface area (Å²) in [6.45, 7) is 1.93. The quantitative estimate of drug-likeness (QED) is 0.669. The molecule has 0 saturated heterocycles. The van der Waals surface area contributed by atoms with E-state index in [-0.39, 0.29) is 23.6 Å². The van der Waals surface area contributed by atoms with E-state index in [0.717, 1.165) is 0 Å². The van der Waals surface area contributed by atoms with Crippen LogP contribution in [0.25, 0.3) is 0 Å². The molecule has 3 N–H and O–H groups in total. The molecule has 0 fully saturated rings. The van der Waals surface area contributed by atoms with Crippen molar-refractivity contribution >= 4 is 23.4 Å². The predicted octanol–water partition coefficient (Wildman–Crippen LogP) is 3.06. The normalized spacial score (nSPS) is 9.86. The Hall–Kier alpha value is -3.02. The van der Waals surface area contributed by atoms with Gasteiger partial charge in [0.25, 0.3) is 0 Å². The molecule has 2 rings (SSSR count). The molecule has 1 amide bonds. The summed E-state index contributed by atoms with van der Waals surface area (Å²) in [4.78, 5) is 23.6. The Balaban J connectivity index is 2.11. The van der Waals surface area contributed by atoms with Crippen LogP contribution in [-0.4, -0.2) is 18.7 Å². The molecule has 0 radical (unpaired) electrons. The zero-order valence-corrected chi connectivity index (χ0v) is 12.0. The zero-order chi connectivity index (χ0) is 15.9. The standard InChI is InChI=1S/C16H16N2O4/c1-2-21-15(19)12-9-6-10-13(14(12)17)22-16(20)18-11-7-4-3-5-8-11/h3-10H,2,17H2,1H3,(H,18,20). The number of carbonyl (C=O) groups excluding carboxylic acids is 2. The third kappa shape index (κ3) is 3.76. The summed E-state index contributed by atoms with van der Waals surface area (Å²) in [6, 6.07) is 13.4. The molecule has 0 saturated carbocycles. The van der Waals surface area contributed by atoms with E-state index in [1.165, 1.54) is 12.1 Å². The smallest absolute Gasteiger partial charge is 0.417 e. The van der Waals surface area contributed by atoms with Gasteiger partial charge < -0.3 is 15.2 Å². The second-order valence-corrected chi connectivity index (χ2v) is 4.32. The highest BCUT2D eigenvalue weighted by molar-refractivity contribution is 5.97. The highest BCUT2D eigenvalue weighted by Crippen LogP contribution is 2.26. The summed E-state index contributed by atoms with van der Waals surface area (Å²) in [5.41, 5.74) is 6.66. The zero-order valence-electron chi connectivity index (χ0n) is 12.0. The molecule has 2 aromatic rings. The van der Waals surface area contributed by atoms with E-state index in [0.29, 0.717) is 5.69 Å². The van der Waals surface area contributed by atoms with Gasteiger partial charge in [-0.25, -0.2) is 9.59 Å². The molecule has 0 heterocycles. The van der Waals surface area contributed by atoms with Gasteiger partial charge in [-0.05, 0) is 31.2 Å². The maximum atomic E-state index is 11.8. The molecule has 6 heteroatoms. The first-order valence-electron chi connectivity index (χ1n) is 6.71. The van der Waals surface area contributed by atoms with Crippen LogP contribution in [0.1, 0.15) is 17.3 Å². The average molecular weight is 300 g/mol. The Morgan fingerprint density at radius 1 is 1.09 bits per heavy atom. The number of benzene rings is 2. The van der Waals surface area contributed by atoms with Crippen LogP contribution in [0, 0.1) is 0 Å². The monoisotopic (exact) mass is 300 g/mol. The lowest BCUT2D eigenvalue weighted by molar-refractivity contribution is 0.0527. The van der Waals surface area contributed by atoms with E-state index in [4.69, 9.17) is 15.2 Å². The third-order valence-electron chi connectivity index (χ3n) is 2.78. The van der Waals surface area contributed by atoms with Crippen LogP contribution >= 0.6 is 0 Å². The van der Waals surface area contributed by atoms with E-state index in [9.17, 15) is 9.59 Å². The van der Waals surface area contributed by atoms with Crippen molar-refractivity contribution < 1.29 is 19.1 Å². The molecular weight excluding hydrogens is 284 g/mol. The fourth-order valence-electron chi connectivity index (χ4n) is 1.78. The number of nitrogens with one attached hydrogen (secondary N) is 1. The molecule has 0 spiro atoms. The Kier molecular flexibility index (Phi) is 4.98. The Bertz CT molecular complexity index is 671. The van der Waals surface area contributed by atoms with Gasteiger partial charge in [-0.2, -0.15) is 0 Å². The van der Waals surface area contributed by atoms with Gasteiger partial charge in [0.05, 0.1) is 17.9 Å². The molecule has 0 atom stereocenters. The maximum Gasteiger partial charge on any atom is 0.417 e. The molecule has 2 aromatic carbocycles. The minimum absolute atomic E-state index is 0.0594. The number of esters is 1. The first-order valence-corrected chi connectivity index (χ1v) is 6.71. The maximum absolute atomic E-state index is 11.8.